The van der Waals surface area contributed by atoms with Crippen LogP contribution in [0, 0.1) is 0 Å². The van der Waals surface area contributed by atoms with Crippen molar-refractivity contribution in [1.29, 1.82) is 0 Å². The van der Waals surface area contributed by atoms with E-state index in [-0.39, 0.29) is 5.91 Å². The summed E-state index contributed by atoms with van der Waals surface area (Å²) in [5.41, 5.74) is 5.68. The van der Waals surface area contributed by atoms with Gasteiger partial charge in [0.15, 0.2) is 16.6 Å². The van der Waals surface area contributed by atoms with Crippen molar-refractivity contribution in [1.82, 2.24) is 9.69 Å². The van der Waals surface area contributed by atoms with Gasteiger partial charge in [0.2, 0.25) is 5.91 Å². The summed E-state index contributed by atoms with van der Waals surface area (Å²) in [6.45, 7) is 3.94. The summed E-state index contributed by atoms with van der Waals surface area (Å²) in [5.74, 6) is 0.909. The maximum Gasteiger partial charge on any atom is 0.221 e. The number of nitrogens with one attached hydrogen (secondary N) is 2. The van der Waals surface area contributed by atoms with Crippen molar-refractivity contribution >= 4 is 28.3 Å². The van der Waals surface area contributed by atoms with Crippen molar-refractivity contribution in [3.05, 3.63) is 0 Å². The summed E-state index contributed by atoms with van der Waals surface area (Å²) in [4.78, 5) is 11.4. The van der Waals surface area contributed by atoms with Crippen LogP contribution in [0.4, 0.5) is 10.8 Å². The molecule has 1 heterocycles. The van der Waals surface area contributed by atoms with Gasteiger partial charge in [0.1, 0.15) is 0 Å². The van der Waals surface area contributed by atoms with Crippen LogP contribution in [0.1, 0.15) is 13.3 Å². The molecule has 108 valence electrons. The average Bonchev–Trinajstić information content (AvgIpc) is 2.72. The van der Waals surface area contributed by atoms with Gasteiger partial charge in [-0.3, -0.25) is 4.79 Å². The lowest BCUT2D eigenvalue weighted by Gasteiger charge is -2.08. The number of ether oxygens (including phenoxy) is 2. The normalized spacial score (nSPS) is 10.2. The Balaban J connectivity index is 2.30. The number of carbonyl (C=O) groups is 1. The van der Waals surface area contributed by atoms with Gasteiger partial charge >= 0.3 is 0 Å². The summed E-state index contributed by atoms with van der Waals surface area (Å²) in [5, 5.41) is 6.60. The molecule has 0 saturated carbocycles. The van der Waals surface area contributed by atoms with Gasteiger partial charge < -0.3 is 25.8 Å². The smallest absolute Gasteiger partial charge is 0.221 e. The lowest BCUT2D eigenvalue weighted by molar-refractivity contribution is -0.121. The third kappa shape index (κ3) is 5.31. The van der Waals surface area contributed by atoms with Crippen molar-refractivity contribution in [3.8, 4) is 5.75 Å². The van der Waals surface area contributed by atoms with Crippen LogP contribution < -0.4 is 21.1 Å². The number of methoxy groups -OCH3 is 1. The third-order valence-corrected chi connectivity index (χ3v) is 3.03. The van der Waals surface area contributed by atoms with Crippen LogP contribution in [0.3, 0.4) is 0 Å². The zero-order chi connectivity index (χ0) is 14.1. The van der Waals surface area contributed by atoms with Crippen LogP contribution in [-0.4, -0.2) is 43.7 Å². The molecular weight excluding hydrogens is 268 g/mol. The second-order valence-corrected chi connectivity index (χ2v) is 4.45. The third-order valence-electron chi connectivity index (χ3n) is 2.23. The number of hydrogen-bond acceptors (Lipinski definition) is 7. The number of carbonyl (C=O) groups excluding carboxylic acids is 1. The zero-order valence-electron chi connectivity index (χ0n) is 11.2. The Morgan fingerprint density at radius 3 is 2.95 bits per heavy atom. The molecule has 8 heteroatoms. The van der Waals surface area contributed by atoms with Crippen molar-refractivity contribution in [3.63, 3.8) is 0 Å². The van der Waals surface area contributed by atoms with E-state index in [4.69, 9.17) is 15.2 Å². The molecule has 0 bridgehead atoms. The summed E-state index contributed by atoms with van der Waals surface area (Å²) in [7, 11) is 1.59. The molecule has 4 N–H and O–H groups in total. The SMILES string of the molecule is CCOc1c(N)nsc1NCCC(=O)NCCOC. The van der Waals surface area contributed by atoms with E-state index in [1.807, 2.05) is 6.92 Å². The monoisotopic (exact) mass is 288 g/mol. The first kappa shape index (κ1) is 15.5. The van der Waals surface area contributed by atoms with E-state index in [0.717, 1.165) is 5.00 Å². The van der Waals surface area contributed by atoms with Crippen molar-refractivity contribution in [2.75, 3.05) is 44.5 Å². The molecule has 1 aromatic heterocycles. The molecule has 0 atom stereocenters. The second kappa shape index (κ2) is 8.54. The van der Waals surface area contributed by atoms with E-state index in [1.165, 1.54) is 11.5 Å². The van der Waals surface area contributed by atoms with E-state index in [9.17, 15) is 4.79 Å². The van der Waals surface area contributed by atoms with Gasteiger partial charge in [-0.05, 0) is 18.5 Å². The van der Waals surface area contributed by atoms with Crippen LogP contribution in [-0.2, 0) is 9.53 Å². The number of nitrogens with zero attached hydrogens (tertiary/aromatic N) is 1. The van der Waals surface area contributed by atoms with Gasteiger partial charge in [-0.2, -0.15) is 4.37 Å². The van der Waals surface area contributed by atoms with Gasteiger partial charge in [-0.1, -0.05) is 0 Å². The first-order valence-corrected chi connectivity index (χ1v) is 6.83. The fourth-order valence-corrected chi connectivity index (χ4v) is 2.05. The van der Waals surface area contributed by atoms with Crippen molar-refractivity contribution in [2.24, 2.45) is 0 Å². The fraction of sp³-hybridized carbons (Fsp3) is 0.636. The first-order chi connectivity index (χ1) is 9.19. The molecular formula is C11H20N4O3S. The van der Waals surface area contributed by atoms with E-state index in [2.05, 4.69) is 15.0 Å². The highest BCUT2D eigenvalue weighted by Gasteiger charge is 2.12. The molecule has 0 aromatic carbocycles. The van der Waals surface area contributed by atoms with Crippen molar-refractivity contribution in [2.45, 2.75) is 13.3 Å². The molecule has 0 spiro atoms. The predicted octanol–water partition coefficient (Wildman–Crippen LogP) is 0.689. The Morgan fingerprint density at radius 1 is 1.47 bits per heavy atom. The topological polar surface area (TPSA) is 98.5 Å². The van der Waals surface area contributed by atoms with Crippen LogP contribution >= 0.6 is 11.5 Å². The molecule has 1 rings (SSSR count). The summed E-state index contributed by atoms with van der Waals surface area (Å²) in [6.07, 6.45) is 0.368. The quantitative estimate of drug-likeness (QED) is 0.578. The Morgan fingerprint density at radius 2 is 2.26 bits per heavy atom. The number of nitrogen functional groups attached to an aromatic ring is 1. The minimum Gasteiger partial charge on any atom is -0.487 e. The lowest BCUT2D eigenvalue weighted by Crippen LogP contribution is -2.28. The molecule has 0 fully saturated rings. The molecule has 1 amide bonds. The van der Waals surface area contributed by atoms with Crippen LogP contribution in [0.25, 0.3) is 0 Å². The number of amides is 1. The minimum atomic E-state index is -0.0278. The Kier molecular flexibility index (Phi) is 6.98. The second-order valence-electron chi connectivity index (χ2n) is 3.68. The predicted molar refractivity (Wildman–Crippen MR) is 75.7 cm³/mol. The Labute approximate surface area is 116 Å². The number of rotatable bonds is 9. The molecule has 0 radical (unpaired) electrons. The highest BCUT2D eigenvalue weighted by molar-refractivity contribution is 7.11. The Hall–Kier alpha value is -1.54. The number of nitrogens with two attached hydrogens (primary N) is 1. The lowest BCUT2D eigenvalue weighted by atomic mass is 10.4. The fourth-order valence-electron chi connectivity index (χ4n) is 1.36. The molecule has 0 saturated heterocycles. The van der Waals surface area contributed by atoms with Gasteiger partial charge in [0, 0.05) is 26.6 Å². The summed E-state index contributed by atoms with van der Waals surface area (Å²) in [6, 6.07) is 0. The largest absolute Gasteiger partial charge is 0.487 e. The van der Waals surface area contributed by atoms with Crippen LogP contribution in [0.15, 0.2) is 0 Å². The molecule has 19 heavy (non-hydrogen) atoms. The number of hydrogen-bond donors (Lipinski definition) is 3. The van der Waals surface area contributed by atoms with E-state index in [1.54, 1.807) is 7.11 Å². The molecule has 0 aliphatic heterocycles. The van der Waals surface area contributed by atoms with Gasteiger partial charge in [-0.15, -0.1) is 0 Å². The first-order valence-electron chi connectivity index (χ1n) is 6.06. The molecule has 0 aliphatic rings. The minimum absolute atomic E-state index is 0.0278. The van der Waals surface area contributed by atoms with Crippen LogP contribution in [0.5, 0.6) is 5.75 Å². The number of aromatic nitrogens is 1. The van der Waals surface area contributed by atoms with Gasteiger partial charge in [-0.25, -0.2) is 0 Å². The van der Waals surface area contributed by atoms with Crippen molar-refractivity contribution < 1.29 is 14.3 Å². The van der Waals surface area contributed by atoms with Gasteiger partial charge in [0.25, 0.3) is 0 Å². The Bertz CT molecular complexity index is 397. The maximum absolute atomic E-state index is 11.4. The maximum atomic E-state index is 11.4. The van der Waals surface area contributed by atoms with Gasteiger partial charge in [0.05, 0.1) is 13.2 Å². The molecule has 0 aliphatic carbocycles. The van der Waals surface area contributed by atoms with E-state index < -0.39 is 0 Å². The van der Waals surface area contributed by atoms with E-state index >= 15 is 0 Å². The molecule has 7 nitrogen and oxygen atoms in total. The summed E-state index contributed by atoms with van der Waals surface area (Å²) < 4.78 is 14.2. The zero-order valence-corrected chi connectivity index (χ0v) is 12.0. The highest BCUT2D eigenvalue weighted by Crippen LogP contribution is 2.34. The van der Waals surface area contributed by atoms with E-state index in [0.29, 0.717) is 44.3 Å². The molecule has 1 aromatic rings. The summed E-state index contributed by atoms with van der Waals surface area (Å²) >= 11 is 1.23. The number of anilines is 2. The average molecular weight is 288 g/mol. The molecule has 0 unspecified atom stereocenters. The van der Waals surface area contributed by atoms with Crippen LogP contribution in [0.2, 0.25) is 0 Å². The highest BCUT2D eigenvalue weighted by atomic mass is 32.1. The standard InChI is InChI=1S/C11H20N4O3S/c1-3-18-9-10(12)15-19-11(9)14-5-4-8(16)13-6-7-17-2/h14H,3-7H2,1-2H3,(H2,12,15)(H,13,16).